The van der Waals surface area contributed by atoms with Crippen molar-refractivity contribution in [1.29, 1.82) is 0 Å². The number of aliphatic imine (C=N–C) groups is 1. The third kappa shape index (κ3) is 6.98. The number of nitrogens with one attached hydrogen (secondary N) is 2. The van der Waals surface area contributed by atoms with E-state index in [0.29, 0.717) is 25.4 Å². The van der Waals surface area contributed by atoms with E-state index in [1.165, 1.54) is 12.8 Å². The van der Waals surface area contributed by atoms with E-state index >= 15 is 0 Å². The van der Waals surface area contributed by atoms with Gasteiger partial charge in [-0.1, -0.05) is 19.0 Å². The maximum Gasteiger partial charge on any atom is 0.228 e. The summed E-state index contributed by atoms with van der Waals surface area (Å²) in [4.78, 5) is 11.7. The standard InChI is InChI=1S/C20H32N6O2.HI/c1-4-21-20(22-10-9-18-24-19(15(2)3)25-28-18)23-14-16(17-8-7-13-27-17)26-11-5-6-12-26;/h7-8,13,15-16H,4-6,9-12,14H2,1-3H3,(H2,21,22,23);1H. The zero-order chi connectivity index (χ0) is 19.8. The minimum Gasteiger partial charge on any atom is -0.468 e. The van der Waals surface area contributed by atoms with Crippen molar-refractivity contribution < 1.29 is 8.94 Å². The van der Waals surface area contributed by atoms with Crippen molar-refractivity contribution in [2.75, 3.05) is 32.7 Å². The number of rotatable bonds is 9. The number of likely N-dealkylation sites (tertiary alicyclic amines) is 1. The summed E-state index contributed by atoms with van der Waals surface area (Å²) < 4.78 is 11.0. The minimum absolute atomic E-state index is 0. The van der Waals surface area contributed by atoms with Crippen molar-refractivity contribution in [3.8, 4) is 0 Å². The minimum atomic E-state index is 0. The predicted molar refractivity (Wildman–Crippen MR) is 124 cm³/mol. The SMILES string of the molecule is CCNC(=NCC(c1ccco1)N1CCCC1)NCCc1nc(C(C)C)no1.I. The first kappa shape index (κ1) is 23.7. The van der Waals surface area contributed by atoms with Gasteiger partial charge in [0.15, 0.2) is 11.8 Å². The Bertz CT molecular complexity index is 725. The Morgan fingerprint density at radius 3 is 2.69 bits per heavy atom. The molecule has 29 heavy (non-hydrogen) atoms. The number of halogens is 1. The molecule has 1 unspecified atom stereocenters. The first-order chi connectivity index (χ1) is 13.7. The number of guanidine groups is 1. The van der Waals surface area contributed by atoms with Crippen molar-refractivity contribution in [2.24, 2.45) is 4.99 Å². The molecule has 162 valence electrons. The molecule has 0 amide bonds. The van der Waals surface area contributed by atoms with Crippen molar-refractivity contribution in [3.05, 3.63) is 35.9 Å². The fourth-order valence-electron chi connectivity index (χ4n) is 3.33. The van der Waals surface area contributed by atoms with Gasteiger partial charge in [0.05, 0.1) is 18.8 Å². The lowest BCUT2D eigenvalue weighted by atomic mass is 10.2. The highest BCUT2D eigenvalue weighted by atomic mass is 127. The summed E-state index contributed by atoms with van der Waals surface area (Å²) in [5, 5.41) is 10.7. The molecule has 2 aromatic rings. The Morgan fingerprint density at radius 2 is 2.07 bits per heavy atom. The van der Waals surface area contributed by atoms with E-state index in [2.05, 4.69) is 46.4 Å². The smallest absolute Gasteiger partial charge is 0.228 e. The molecule has 1 saturated heterocycles. The fourth-order valence-corrected chi connectivity index (χ4v) is 3.33. The second-order valence-corrected chi connectivity index (χ2v) is 7.37. The van der Waals surface area contributed by atoms with Crippen LogP contribution in [0.5, 0.6) is 0 Å². The van der Waals surface area contributed by atoms with Gasteiger partial charge >= 0.3 is 0 Å². The van der Waals surface area contributed by atoms with E-state index in [0.717, 1.165) is 37.2 Å². The van der Waals surface area contributed by atoms with E-state index in [1.807, 2.05) is 12.1 Å². The highest BCUT2D eigenvalue weighted by Gasteiger charge is 2.25. The average Bonchev–Trinajstić information content (AvgIpc) is 3.44. The predicted octanol–water partition coefficient (Wildman–Crippen LogP) is 3.34. The van der Waals surface area contributed by atoms with Gasteiger partial charge in [-0.05, 0) is 45.0 Å². The molecule has 2 N–H and O–H groups in total. The lowest BCUT2D eigenvalue weighted by Gasteiger charge is -2.24. The van der Waals surface area contributed by atoms with E-state index in [-0.39, 0.29) is 35.9 Å². The molecule has 1 atom stereocenters. The molecule has 0 saturated carbocycles. The summed E-state index contributed by atoms with van der Waals surface area (Å²) in [6.07, 6.45) is 4.88. The van der Waals surface area contributed by atoms with Gasteiger partial charge in [-0.2, -0.15) is 4.98 Å². The summed E-state index contributed by atoms with van der Waals surface area (Å²) in [6, 6.07) is 4.17. The molecule has 1 aliphatic heterocycles. The van der Waals surface area contributed by atoms with Crippen LogP contribution in [0.15, 0.2) is 32.3 Å². The molecule has 0 spiro atoms. The van der Waals surface area contributed by atoms with Crippen LogP contribution in [-0.2, 0) is 6.42 Å². The molecule has 0 aromatic carbocycles. The van der Waals surface area contributed by atoms with Crippen LogP contribution in [0, 0.1) is 0 Å². The Hall–Kier alpha value is -1.62. The van der Waals surface area contributed by atoms with Gasteiger partial charge in [-0.3, -0.25) is 9.89 Å². The lowest BCUT2D eigenvalue weighted by Crippen LogP contribution is -2.39. The van der Waals surface area contributed by atoms with Gasteiger partial charge in [0.2, 0.25) is 5.89 Å². The molecule has 0 radical (unpaired) electrons. The number of hydrogen-bond donors (Lipinski definition) is 2. The number of furan rings is 1. The molecule has 1 fully saturated rings. The molecule has 9 heteroatoms. The molecule has 8 nitrogen and oxygen atoms in total. The second-order valence-electron chi connectivity index (χ2n) is 7.37. The van der Waals surface area contributed by atoms with E-state index < -0.39 is 0 Å². The summed E-state index contributed by atoms with van der Waals surface area (Å²) in [5.74, 6) is 3.45. The highest BCUT2D eigenvalue weighted by Crippen LogP contribution is 2.25. The highest BCUT2D eigenvalue weighted by molar-refractivity contribution is 14.0. The summed E-state index contributed by atoms with van der Waals surface area (Å²) in [5.41, 5.74) is 0. The third-order valence-electron chi connectivity index (χ3n) is 4.85. The maximum atomic E-state index is 5.68. The first-order valence-corrected chi connectivity index (χ1v) is 10.3. The average molecular weight is 516 g/mol. The quantitative estimate of drug-likeness (QED) is 0.300. The van der Waals surface area contributed by atoms with Crippen LogP contribution in [0.4, 0.5) is 0 Å². The maximum absolute atomic E-state index is 5.68. The Morgan fingerprint density at radius 1 is 1.28 bits per heavy atom. The van der Waals surface area contributed by atoms with Gasteiger partial charge in [-0.15, -0.1) is 24.0 Å². The van der Waals surface area contributed by atoms with Gasteiger partial charge in [-0.25, -0.2) is 0 Å². The van der Waals surface area contributed by atoms with Gasteiger partial charge in [0, 0.05) is 25.4 Å². The van der Waals surface area contributed by atoms with Crippen molar-refractivity contribution >= 4 is 29.9 Å². The monoisotopic (exact) mass is 516 g/mol. The Labute approximate surface area is 189 Å². The van der Waals surface area contributed by atoms with Gasteiger partial charge in [0.25, 0.3) is 0 Å². The van der Waals surface area contributed by atoms with Crippen LogP contribution in [-0.4, -0.2) is 53.7 Å². The topological polar surface area (TPSA) is 91.7 Å². The zero-order valence-electron chi connectivity index (χ0n) is 17.6. The zero-order valence-corrected chi connectivity index (χ0v) is 19.9. The molecular weight excluding hydrogens is 483 g/mol. The molecular formula is C20H33IN6O2. The molecule has 1 aliphatic rings. The normalized spacial score (nSPS) is 16.1. The molecule has 3 rings (SSSR count). The number of hydrogen-bond acceptors (Lipinski definition) is 6. The molecule has 0 aliphatic carbocycles. The molecule has 2 aromatic heterocycles. The lowest BCUT2D eigenvalue weighted by molar-refractivity contribution is 0.221. The van der Waals surface area contributed by atoms with Crippen LogP contribution < -0.4 is 10.6 Å². The number of nitrogens with zero attached hydrogens (tertiary/aromatic N) is 4. The van der Waals surface area contributed by atoms with Gasteiger partial charge in [0.1, 0.15) is 5.76 Å². The van der Waals surface area contributed by atoms with Crippen LogP contribution in [0.3, 0.4) is 0 Å². The largest absolute Gasteiger partial charge is 0.468 e. The number of aromatic nitrogens is 2. The van der Waals surface area contributed by atoms with Crippen LogP contribution in [0.2, 0.25) is 0 Å². The van der Waals surface area contributed by atoms with Crippen molar-refractivity contribution in [2.45, 2.75) is 52.0 Å². The van der Waals surface area contributed by atoms with E-state index in [4.69, 9.17) is 13.9 Å². The first-order valence-electron chi connectivity index (χ1n) is 10.3. The van der Waals surface area contributed by atoms with Crippen molar-refractivity contribution in [1.82, 2.24) is 25.7 Å². The van der Waals surface area contributed by atoms with E-state index in [1.54, 1.807) is 6.26 Å². The van der Waals surface area contributed by atoms with Crippen LogP contribution in [0.1, 0.15) is 63.0 Å². The Balaban J connectivity index is 0.00000300. The third-order valence-corrected chi connectivity index (χ3v) is 4.85. The van der Waals surface area contributed by atoms with Crippen molar-refractivity contribution in [3.63, 3.8) is 0 Å². The summed E-state index contributed by atoms with van der Waals surface area (Å²) in [7, 11) is 0. The van der Waals surface area contributed by atoms with E-state index in [9.17, 15) is 0 Å². The molecule has 3 heterocycles. The second kappa shape index (κ2) is 12.2. The van der Waals surface area contributed by atoms with Gasteiger partial charge < -0.3 is 19.6 Å². The summed E-state index contributed by atoms with van der Waals surface area (Å²) in [6.45, 7) is 10.5. The summed E-state index contributed by atoms with van der Waals surface area (Å²) >= 11 is 0. The van der Waals surface area contributed by atoms with Crippen LogP contribution >= 0.6 is 24.0 Å². The van der Waals surface area contributed by atoms with Crippen LogP contribution in [0.25, 0.3) is 0 Å². The fraction of sp³-hybridized carbons (Fsp3) is 0.650. The molecule has 0 bridgehead atoms. The Kier molecular flexibility index (Phi) is 9.92.